The van der Waals surface area contributed by atoms with E-state index in [1.54, 1.807) is 0 Å². The van der Waals surface area contributed by atoms with E-state index in [9.17, 15) is 9.59 Å². The van der Waals surface area contributed by atoms with Crippen LogP contribution >= 0.6 is 0 Å². The first-order chi connectivity index (χ1) is 9.08. The van der Waals surface area contributed by atoms with Crippen LogP contribution in [0.3, 0.4) is 0 Å². The summed E-state index contributed by atoms with van der Waals surface area (Å²) in [6.07, 6.45) is 5.84. The molecule has 19 heavy (non-hydrogen) atoms. The molecule has 1 aliphatic heterocycles. The molecular formula is C15H21NO3. The lowest BCUT2D eigenvalue weighted by atomic mass is 9.86. The second-order valence-electron chi connectivity index (χ2n) is 5.38. The largest absolute Gasteiger partial charge is 0.445 e. The van der Waals surface area contributed by atoms with Crippen LogP contribution in [0.4, 0.5) is 4.79 Å². The average Bonchev–Trinajstić information content (AvgIpc) is 2.83. The van der Waals surface area contributed by atoms with Gasteiger partial charge >= 0.3 is 6.09 Å². The highest BCUT2D eigenvalue weighted by Crippen LogP contribution is 2.28. The van der Waals surface area contributed by atoms with Crippen LogP contribution in [0.15, 0.2) is 23.8 Å². The number of allylic oxidation sites excluding steroid dienone is 2. The lowest BCUT2D eigenvalue weighted by molar-refractivity contribution is -0.126. The first-order valence-electron chi connectivity index (χ1n) is 6.88. The van der Waals surface area contributed by atoms with Crippen LogP contribution in [0.1, 0.15) is 39.0 Å². The molecule has 104 valence electrons. The summed E-state index contributed by atoms with van der Waals surface area (Å²) in [6, 6.07) is 0. The molecular weight excluding hydrogens is 242 g/mol. The van der Waals surface area contributed by atoms with E-state index < -0.39 is 6.09 Å². The Morgan fingerprint density at radius 2 is 2.32 bits per heavy atom. The highest BCUT2D eigenvalue weighted by atomic mass is 16.6. The molecule has 1 fully saturated rings. The van der Waals surface area contributed by atoms with Crippen molar-refractivity contribution in [2.75, 3.05) is 13.2 Å². The van der Waals surface area contributed by atoms with Crippen molar-refractivity contribution < 1.29 is 14.3 Å². The van der Waals surface area contributed by atoms with E-state index in [2.05, 4.69) is 19.6 Å². The molecule has 1 atom stereocenters. The van der Waals surface area contributed by atoms with Crippen LogP contribution in [0.5, 0.6) is 0 Å². The Hall–Kier alpha value is -1.58. The number of ether oxygens (including phenoxy) is 1. The molecule has 1 heterocycles. The maximum Gasteiger partial charge on any atom is 0.416 e. The van der Waals surface area contributed by atoms with Crippen molar-refractivity contribution in [3.8, 4) is 0 Å². The average molecular weight is 263 g/mol. The summed E-state index contributed by atoms with van der Waals surface area (Å²) in [5, 5.41) is 0. The molecule has 4 nitrogen and oxygen atoms in total. The van der Waals surface area contributed by atoms with Gasteiger partial charge in [0.05, 0.1) is 0 Å². The molecule has 0 radical (unpaired) electrons. The smallest absolute Gasteiger partial charge is 0.416 e. The van der Waals surface area contributed by atoms with Crippen molar-refractivity contribution in [2.24, 2.45) is 5.92 Å². The number of hydrogen-bond acceptors (Lipinski definition) is 3. The summed E-state index contributed by atoms with van der Waals surface area (Å²) < 4.78 is 5.21. The maximum atomic E-state index is 11.7. The highest BCUT2D eigenvalue weighted by molar-refractivity contribution is 5.93. The molecule has 0 aromatic carbocycles. The normalized spacial score (nSPS) is 23.2. The molecule has 0 saturated carbocycles. The Morgan fingerprint density at radius 1 is 1.53 bits per heavy atom. The number of hydrogen-bond donors (Lipinski definition) is 0. The lowest BCUT2D eigenvalue weighted by Gasteiger charge is -2.22. The van der Waals surface area contributed by atoms with Crippen LogP contribution in [0.2, 0.25) is 0 Å². The third-order valence-corrected chi connectivity index (χ3v) is 3.88. The van der Waals surface area contributed by atoms with E-state index in [1.807, 2.05) is 0 Å². The van der Waals surface area contributed by atoms with Gasteiger partial charge in [-0.1, -0.05) is 18.2 Å². The summed E-state index contributed by atoms with van der Waals surface area (Å²) >= 11 is 0. The summed E-state index contributed by atoms with van der Waals surface area (Å²) in [7, 11) is 0. The van der Waals surface area contributed by atoms with Gasteiger partial charge < -0.3 is 4.74 Å². The van der Waals surface area contributed by atoms with Crippen molar-refractivity contribution >= 4 is 12.0 Å². The topological polar surface area (TPSA) is 46.6 Å². The fourth-order valence-electron chi connectivity index (χ4n) is 2.54. The van der Waals surface area contributed by atoms with Crippen LogP contribution in [-0.4, -0.2) is 30.1 Å². The van der Waals surface area contributed by atoms with Gasteiger partial charge in [-0.05, 0) is 44.1 Å². The zero-order valence-corrected chi connectivity index (χ0v) is 11.5. The number of rotatable bonds is 3. The predicted molar refractivity (Wildman–Crippen MR) is 72.5 cm³/mol. The Balaban J connectivity index is 1.78. The number of carbonyl (C=O) groups excluding carboxylic acids is 2. The van der Waals surface area contributed by atoms with E-state index in [1.165, 1.54) is 10.5 Å². The minimum absolute atomic E-state index is 0.120. The molecule has 2 rings (SSSR count). The second kappa shape index (κ2) is 6.04. The van der Waals surface area contributed by atoms with E-state index in [0.717, 1.165) is 31.3 Å². The lowest BCUT2D eigenvalue weighted by Crippen LogP contribution is -2.32. The molecule has 0 bridgehead atoms. The van der Waals surface area contributed by atoms with Gasteiger partial charge in [-0.25, -0.2) is 9.69 Å². The fourth-order valence-corrected chi connectivity index (χ4v) is 2.54. The number of imide groups is 1. The van der Waals surface area contributed by atoms with Crippen LogP contribution in [-0.2, 0) is 9.53 Å². The number of carbonyl (C=O) groups is 2. The predicted octanol–water partition coefficient (Wildman–Crippen LogP) is 3.05. The monoisotopic (exact) mass is 263 g/mol. The summed E-state index contributed by atoms with van der Waals surface area (Å²) in [5.74, 6) is 0.435. The van der Waals surface area contributed by atoms with Gasteiger partial charge in [0.15, 0.2) is 0 Å². The van der Waals surface area contributed by atoms with Crippen LogP contribution in [0.25, 0.3) is 0 Å². The quantitative estimate of drug-likeness (QED) is 0.735. The van der Waals surface area contributed by atoms with E-state index in [4.69, 9.17) is 4.74 Å². The summed E-state index contributed by atoms with van der Waals surface area (Å²) in [5.41, 5.74) is 2.37. The van der Waals surface area contributed by atoms with Crippen molar-refractivity contribution in [3.05, 3.63) is 23.8 Å². The van der Waals surface area contributed by atoms with Gasteiger partial charge in [0.2, 0.25) is 5.91 Å². The number of likely N-dealkylation sites (tertiary alicyclic amines) is 1. The van der Waals surface area contributed by atoms with Gasteiger partial charge in [0.1, 0.15) is 6.61 Å². The molecule has 1 aliphatic carbocycles. The Labute approximate surface area is 114 Å². The van der Waals surface area contributed by atoms with Gasteiger partial charge in [-0.2, -0.15) is 0 Å². The van der Waals surface area contributed by atoms with E-state index >= 15 is 0 Å². The standard InChI is InChI=1S/C15H21NO3/c1-11(2)13-7-5-12(6-8-13)10-19-15(18)16-9-3-4-14(16)17/h5,13H,1,3-4,6-10H2,2H3. The molecule has 0 aromatic rings. The van der Waals surface area contributed by atoms with Gasteiger partial charge in [-0.15, -0.1) is 0 Å². The zero-order valence-electron chi connectivity index (χ0n) is 11.5. The molecule has 0 N–H and O–H groups in total. The second-order valence-corrected chi connectivity index (χ2v) is 5.38. The minimum Gasteiger partial charge on any atom is -0.445 e. The van der Waals surface area contributed by atoms with Crippen molar-refractivity contribution in [1.29, 1.82) is 0 Å². The Morgan fingerprint density at radius 3 is 2.84 bits per heavy atom. The molecule has 1 unspecified atom stereocenters. The Bertz CT molecular complexity index is 425. The van der Waals surface area contributed by atoms with Gasteiger partial charge in [-0.3, -0.25) is 4.79 Å². The molecule has 2 aliphatic rings. The maximum absolute atomic E-state index is 11.7. The third-order valence-electron chi connectivity index (χ3n) is 3.88. The molecule has 0 aromatic heterocycles. The summed E-state index contributed by atoms with van der Waals surface area (Å²) in [4.78, 5) is 24.3. The summed E-state index contributed by atoms with van der Waals surface area (Å²) in [6.45, 7) is 6.84. The van der Waals surface area contributed by atoms with E-state index in [-0.39, 0.29) is 5.91 Å². The molecule has 4 heteroatoms. The van der Waals surface area contributed by atoms with Crippen LogP contribution in [0, 0.1) is 5.92 Å². The van der Waals surface area contributed by atoms with E-state index in [0.29, 0.717) is 25.5 Å². The van der Waals surface area contributed by atoms with Crippen molar-refractivity contribution in [2.45, 2.75) is 39.0 Å². The van der Waals surface area contributed by atoms with Gasteiger partial charge in [0.25, 0.3) is 0 Å². The molecule has 2 amide bonds. The first-order valence-corrected chi connectivity index (χ1v) is 6.88. The third kappa shape index (κ3) is 3.46. The molecule has 1 saturated heterocycles. The van der Waals surface area contributed by atoms with Gasteiger partial charge in [0, 0.05) is 13.0 Å². The SMILES string of the molecule is C=C(C)C1CC=C(COC(=O)N2CCCC2=O)CC1. The minimum atomic E-state index is -0.495. The Kier molecular flexibility index (Phi) is 4.40. The molecule has 0 spiro atoms. The van der Waals surface area contributed by atoms with Crippen molar-refractivity contribution in [1.82, 2.24) is 4.90 Å². The zero-order chi connectivity index (χ0) is 13.8. The van der Waals surface area contributed by atoms with Crippen LogP contribution < -0.4 is 0 Å². The number of nitrogens with zero attached hydrogens (tertiary/aromatic N) is 1. The fraction of sp³-hybridized carbons (Fsp3) is 0.600. The van der Waals surface area contributed by atoms with Crippen molar-refractivity contribution in [3.63, 3.8) is 0 Å². The first kappa shape index (κ1) is 13.8. The highest BCUT2D eigenvalue weighted by Gasteiger charge is 2.27. The number of amides is 2.